The van der Waals surface area contributed by atoms with E-state index < -0.39 is 5.60 Å². The Labute approximate surface area is 172 Å². The zero-order valence-electron chi connectivity index (χ0n) is 16.9. The lowest BCUT2D eigenvalue weighted by atomic mass is 9.64. The lowest BCUT2D eigenvalue weighted by Gasteiger charge is -2.43. The molecule has 0 spiro atoms. The summed E-state index contributed by atoms with van der Waals surface area (Å²) in [6.07, 6.45) is 7.02. The lowest BCUT2D eigenvalue weighted by molar-refractivity contribution is 0.0671. The largest absolute Gasteiger partial charge is 0.383 e. The molecule has 7 heteroatoms. The smallest absolute Gasteiger partial charge is 0.191 e. The minimum absolute atomic E-state index is 0.118. The first-order chi connectivity index (χ1) is 13.3. The van der Waals surface area contributed by atoms with Crippen LogP contribution in [0.5, 0.6) is 0 Å². The second kappa shape index (κ2) is 8.53. The van der Waals surface area contributed by atoms with Gasteiger partial charge in [-0.3, -0.25) is 4.68 Å². The number of guanidine groups is 1. The summed E-state index contributed by atoms with van der Waals surface area (Å²) >= 11 is 6.05. The van der Waals surface area contributed by atoms with Gasteiger partial charge in [0.15, 0.2) is 5.96 Å². The van der Waals surface area contributed by atoms with Gasteiger partial charge >= 0.3 is 0 Å². The molecule has 1 aliphatic carbocycles. The predicted octanol–water partition coefficient (Wildman–Crippen LogP) is 2.96. The maximum Gasteiger partial charge on any atom is 0.191 e. The minimum Gasteiger partial charge on any atom is -0.383 e. The second-order valence-corrected chi connectivity index (χ2v) is 8.30. The van der Waals surface area contributed by atoms with Gasteiger partial charge in [0.1, 0.15) is 5.60 Å². The van der Waals surface area contributed by atoms with Crippen LogP contribution in [-0.2, 0) is 18.1 Å². The van der Waals surface area contributed by atoms with Gasteiger partial charge in [-0.05, 0) is 44.4 Å². The molecule has 6 nitrogen and oxygen atoms in total. The van der Waals surface area contributed by atoms with Crippen LogP contribution < -0.4 is 10.6 Å². The molecule has 28 heavy (non-hydrogen) atoms. The van der Waals surface area contributed by atoms with E-state index in [1.807, 2.05) is 32.3 Å². The van der Waals surface area contributed by atoms with Crippen LogP contribution in [0.4, 0.5) is 0 Å². The molecule has 1 saturated carbocycles. The Morgan fingerprint density at radius 2 is 2.04 bits per heavy atom. The number of hydrogen-bond acceptors (Lipinski definition) is 3. The maximum absolute atomic E-state index is 10.8. The van der Waals surface area contributed by atoms with Gasteiger partial charge in [0.05, 0.1) is 12.7 Å². The molecule has 0 saturated heterocycles. The van der Waals surface area contributed by atoms with E-state index in [9.17, 15) is 5.11 Å². The van der Waals surface area contributed by atoms with Crippen LogP contribution in [0.3, 0.4) is 0 Å². The SMILES string of the molecule is CCNC(=NCC(C)(O)c1cnn(C)c1)NCC1(c2ccc(Cl)cc2)CCC1. The second-order valence-electron chi connectivity index (χ2n) is 7.87. The van der Waals surface area contributed by atoms with Crippen molar-refractivity contribution < 1.29 is 5.11 Å². The summed E-state index contributed by atoms with van der Waals surface area (Å²) in [6.45, 7) is 5.61. The number of aromatic nitrogens is 2. The predicted molar refractivity (Wildman–Crippen MR) is 114 cm³/mol. The normalized spacial score (nSPS) is 18.2. The van der Waals surface area contributed by atoms with Crippen molar-refractivity contribution in [2.75, 3.05) is 19.6 Å². The minimum atomic E-state index is -1.07. The summed E-state index contributed by atoms with van der Waals surface area (Å²) in [6, 6.07) is 8.17. The van der Waals surface area contributed by atoms with Crippen molar-refractivity contribution in [1.29, 1.82) is 0 Å². The Morgan fingerprint density at radius 1 is 1.32 bits per heavy atom. The summed E-state index contributed by atoms with van der Waals surface area (Å²) < 4.78 is 1.68. The quantitative estimate of drug-likeness (QED) is 0.490. The van der Waals surface area contributed by atoms with E-state index in [1.165, 1.54) is 12.0 Å². The summed E-state index contributed by atoms with van der Waals surface area (Å²) in [5, 5.41) is 22.4. The summed E-state index contributed by atoms with van der Waals surface area (Å²) in [4.78, 5) is 4.63. The molecule has 0 radical (unpaired) electrons. The Balaban J connectivity index is 1.68. The maximum atomic E-state index is 10.8. The molecule has 3 N–H and O–H groups in total. The fraction of sp³-hybridized carbons (Fsp3) is 0.524. The monoisotopic (exact) mass is 403 g/mol. The van der Waals surface area contributed by atoms with Gasteiger partial charge < -0.3 is 15.7 Å². The van der Waals surface area contributed by atoms with E-state index in [4.69, 9.17) is 11.6 Å². The first kappa shape index (κ1) is 20.7. The molecule has 3 rings (SSSR count). The Hall–Kier alpha value is -2.05. The van der Waals surface area contributed by atoms with Crippen LogP contribution in [0.2, 0.25) is 5.02 Å². The van der Waals surface area contributed by atoms with E-state index in [2.05, 4.69) is 32.9 Å². The summed E-state index contributed by atoms with van der Waals surface area (Å²) in [5.41, 5.74) is 1.12. The Bertz CT molecular complexity index is 808. The van der Waals surface area contributed by atoms with Crippen LogP contribution in [0.25, 0.3) is 0 Å². The molecule has 1 fully saturated rings. The van der Waals surface area contributed by atoms with Crippen LogP contribution in [0.15, 0.2) is 41.7 Å². The number of nitrogens with zero attached hydrogens (tertiary/aromatic N) is 3. The Morgan fingerprint density at radius 3 is 2.57 bits per heavy atom. The van der Waals surface area contributed by atoms with Crippen molar-refractivity contribution in [1.82, 2.24) is 20.4 Å². The number of nitrogens with one attached hydrogen (secondary N) is 2. The van der Waals surface area contributed by atoms with Crippen molar-refractivity contribution in [3.63, 3.8) is 0 Å². The number of halogens is 1. The van der Waals surface area contributed by atoms with E-state index in [0.717, 1.165) is 36.5 Å². The highest BCUT2D eigenvalue weighted by atomic mass is 35.5. The number of aryl methyl sites for hydroxylation is 1. The van der Waals surface area contributed by atoms with Gasteiger partial charge in [0.2, 0.25) is 0 Å². The number of aliphatic imine (C=N–C) groups is 1. The average molecular weight is 404 g/mol. The van der Waals surface area contributed by atoms with E-state index in [0.29, 0.717) is 5.96 Å². The highest BCUT2D eigenvalue weighted by Gasteiger charge is 2.38. The third-order valence-corrected chi connectivity index (χ3v) is 5.83. The van der Waals surface area contributed by atoms with Gasteiger partial charge in [-0.1, -0.05) is 30.2 Å². The molecule has 1 unspecified atom stereocenters. The fourth-order valence-electron chi connectivity index (χ4n) is 3.59. The van der Waals surface area contributed by atoms with Crippen molar-refractivity contribution >= 4 is 17.6 Å². The number of rotatable bonds is 7. The first-order valence-electron chi connectivity index (χ1n) is 9.84. The van der Waals surface area contributed by atoms with E-state index >= 15 is 0 Å². The molecule has 1 heterocycles. The molecule has 1 aromatic carbocycles. The molecule has 2 aromatic rings. The van der Waals surface area contributed by atoms with Crippen LogP contribution >= 0.6 is 11.6 Å². The van der Waals surface area contributed by atoms with Crippen molar-refractivity contribution in [2.24, 2.45) is 12.0 Å². The fourth-order valence-corrected chi connectivity index (χ4v) is 3.72. The van der Waals surface area contributed by atoms with Crippen LogP contribution in [0, 0.1) is 0 Å². The molecule has 0 bridgehead atoms. The molecule has 1 atom stereocenters. The Kier molecular flexibility index (Phi) is 6.30. The summed E-state index contributed by atoms with van der Waals surface area (Å²) in [7, 11) is 1.84. The summed E-state index contributed by atoms with van der Waals surface area (Å²) in [5.74, 6) is 0.715. The molecule has 0 amide bonds. The van der Waals surface area contributed by atoms with Crippen molar-refractivity contribution in [3.05, 3.63) is 52.8 Å². The van der Waals surface area contributed by atoms with Crippen molar-refractivity contribution in [3.8, 4) is 0 Å². The molecular weight excluding hydrogens is 374 g/mol. The number of hydrogen-bond donors (Lipinski definition) is 3. The molecule has 1 aliphatic rings. The highest BCUT2D eigenvalue weighted by Crippen LogP contribution is 2.43. The molecule has 0 aliphatic heterocycles. The topological polar surface area (TPSA) is 74.5 Å². The number of benzene rings is 1. The van der Waals surface area contributed by atoms with Gasteiger partial charge in [-0.25, -0.2) is 4.99 Å². The first-order valence-corrected chi connectivity index (χ1v) is 10.2. The standard InChI is InChI=1S/C21H30ClN5O/c1-4-23-19(24-14-20(2,28)17-12-26-27(3)13-17)25-15-21(10-5-11-21)16-6-8-18(22)9-7-16/h6-9,12-13,28H,4-5,10-11,14-15H2,1-3H3,(H2,23,24,25). The zero-order chi connectivity index (χ0) is 20.2. The highest BCUT2D eigenvalue weighted by molar-refractivity contribution is 6.30. The van der Waals surface area contributed by atoms with Crippen LogP contribution in [0.1, 0.15) is 44.2 Å². The number of aliphatic hydroxyl groups is 1. The van der Waals surface area contributed by atoms with Gasteiger partial charge in [-0.15, -0.1) is 0 Å². The third kappa shape index (κ3) is 4.67. The molecule has 1 aromatic heterocycles. The van der Waals surface area contributed by atoms with Gasteiger partial charge in [0.25, 0.3) is 0 Å². The van der Waals surface area contributed by atoms with Gasteiger partial charge in [-0.2, -0.15) is 5.10 Å². The average Bonchev–Trinajstić information content (AvgIpc) is 3.07. The van der Waals surface area contributed by atoms with Crippen molar-refractivity contribution in [2.45, 2.75) is 44.1 Å². The molecule has 152 valence electrons. The van der Waals surface area contributed by atoms with E-state index in [1.54, 1.807) is 17.8 Å². The van der Waals surface area contributed by atoms with Crippen LogP contribution in [-0.4, -0.2) is 40.5 Å². The lowest BCUT2D eigenvalue weighted by Crippen LogP contribution is -2.49. The molecular formula is C21H30ClN5O. The van der Waals surface area contributed by atoms with Gasteiger partial charge in [0, 0.05) is 42.3 Å². The zero-order valence-corrected chi connectivity index (χ0v) is 17.6. The van der Waals surface area contributed by atoms with E-state index in [-0.39, 0.29) is 12.0 Å². The third-order valence-electron chi connectivity index (χ3n) is 5.58.